The lowest BCUT2D eigenvalue weighted by Crippen LogP contribution is -2.33. The highest BCUT2D eigenvalue weighted by Crippen LogP contribution is 2.20. The number of amides is 1. The van der Waals surface area contributed by atoms with Crippen LogP contribution in [0.25, 0.3) is 11.1 Å². The molecule has 0 spiro atoms. The number of hydrogen-bond donors (Lipinski definition) is 1. The lowest BCUT2D eigenvalue weighted by molar-refractivity contribution is 0.0678. The summed E-state index contributed by atoms with van der Waals surface area (Å²) in [7, 11) is 1.63. The summed E-state index contributed by atoms with van der Waals surface area (Å²) in [6.07, 6.45) is 5.27. The van der Waals surface area contributed by atoms with E-state index in [4.69, 9.17) is 4.74 Å². The van der Waals surface area contributed by atoms with Crippen LogP contribution in [0, 0.1) is 0 Å². The van der Waals surface area contributed by atoms with Gasteiger partial charge in [-0.15, -0.1) is 0 Å². The molecule has 2 aromatic heterocycles. The van der Waals surface area contributed by atoms with Crippen molar-refractivity contribution in [3.05, 3.63) is 72.3 Å². The Morgan fingerprint density at radius 1 is 1.20 bits per heavy atom. The summed E-state index contributed by atoms with van der Waals surface area (Å²) < 4.78 is 5.15. The highest BCUT2D eigenvalue weighted by atomic mass is 16.5. The Kier molecular flexibility index (Phi) is 5.53. The van der Waals surface area contributed by atoms with Gasteiger partial charge in [0.1, 0.15) is 0 Å². The Hall–Kier alpha value is -2.99. The maximum atomic E-state index is 13.0. The zero-order valence-corrected chi connectivity index (χ0v) is 14.1. The first-order valence-corrected chi connectivity index (χ1v) is 8.05. The van der Waals surface area contributed by atoms with Crippen molar-refractivity contribution in [2.24, 2.45) is 0 Å². The second-order valence-corrected chi connectivity index (χ2v) is 5.61. The third-order valence-electron chi connectivity index (χ3n) is 3.87. The molecule has 128 valence electrons. The minimum absolute atomic E-state index is 0.0481. The van der Waals surface area contributed by atoms with Crippen molar-refractivity contribution in [2.75, 3.05) is 20.3 Å². The Morgan fingerprint density at radius 3 is 2.84 bits per heavy atom. The zero-order chi connectivity index (χ0) is 17.5. The second-order valence-electron chi connectivity index (χ2n) is 5.61. The minimum atomic E-state index is -0.0481. The van der Waals surface area contributed by atoms with Crippen LogP contribution in [0.1, 0.15) is 16.1 Å². The average molecular weight is 336 g/mol. The summed E-state index contributed by atoms with van der Waals surface area (Å²) in [6.45, 7) is 1.42. The van der Waals surface area contributed by atoms with Crippen LogP contribution >= 0.6 is 0 Å². The minimum Gasteiger partial charge on any atom is -0.383 e. The molecule has 2 heterocycles. The topological polar surface area (TPSA) is 71.1 Å². The van der Waals surface area contributed by atoms with Crippen molar-refractivity contribution in [2.45, 2.75) is 6.54 Å². The molecule has 3 rings (SSSR count). The van der Waals surface area contributed by atoms with Gasteiger partial charge in [0, 0.05) is 37.2 Å². The number of carbonyl (C=O) groups is 1. The molecule has 25 heavy (non-hydrogen) atoms. The first-order valence-electron chi connectivity index (χ1n) is 8.05. The summed E-state index contributed by atoms with van der Waals surface area (Å²) in [5.41, 5.74) is 3.37. The first-order chi connectivity index (χ1) is 12.3. The summed E-state index contributed by atoms with van der Waals surface area (Å²) >= 11 is 0. The monoisotopic (exact) mass is 336 g/mol. The molecule has 6 nitrogen and oxygen atoms in total. The molecule has 0 fully saturated rings. The molecule has 0 saturated carbocycles. The van der Waals surface area contributed by atoms with E-state index in [1.807, 2.05) is 42.5 Å². The van der Waals surface area contributed by atoms with E-state index >= 15 is 0 Å². The standard InChI is InChI=1S/C19H20N4O2/c1-25-10-9-23(14-18-7-2-3-8-20-18)19(24)16-6-4-5-15(11-16)17-12-21-22-13-17/h2-8,11-13H,9-10,14H2,1H3,(H,21,22). The molecule has 1 amide bonds. The van der Waals surface area contributed by atoms with Crippen molar-refractivity contribution in [3.8, 4) is 11.1 Å². The number of nitrogens with one attached hydrogen (secondary N) is 1. The predicted octanol–water partition coefficient (Wildman–Crippen LogP) is 2.76. The third kappa shape index (κ3) is 4.30. The normalized spacial score (nSPS) is 10.6. The SMILES string of the molecule is COCCN(Cc1ccccn1)C(=O)c1cccc(-c2cn[nH]c2)c1. The summed E-state index contributed by atoms with van der Waals surface area (Å²) in [4.78, 5) is 19.1. The number of methoxy groups -OCH3 is 1. The number of aromatic amines is 1. The van der Waals surface area contributed by atoms with Crippen molar-refractivity contribution < 1.29 is 9.53 Å². The second kappa shape index (κ2) is 8.21. The van der Waals surface area contributed by atoms with Gasteiger partial charge in [0.15, 0.2) is 0 Å². The maximum absolute atomic E-state index is 13.0. The highest BCUT2D eigenvalue weighted by molar-refractivity contribution is 5.95. The van der Waals surface area contributed by atoms with Crippen LogP contribution in [0.3, 0.4) is 0 Å². The van der Waals surface area contributed by atoms with Gasteiger partial charge in [-0.3, -0.25) is 14.9 Å². The third-order valence-corrected chi connectivity index (χ3v) is 3.87. The van der Waals surface area contributed by atoms with Crippen LogP contribution in [-0.2, 0) is 11.3 Å². The fourth-order valence-corrected chi connectivity index (χ4v) is 2.56. The quantitative estimate of drug-likeness (QED) is 0.720. The summed E-state index contributed by atoms with van der Waals surface area (Å²) in [6, 6.07) is 13.2. The van der Waals surface area contributed by atoms with Crippen molar-refractivity contribution in [3.63, 3.8) is 0 Å². The van der Waals surface area contributed by atoms with Gasteiger partial charge in [-0.1, -0.05) is 18.2 Å². The maximum Gasteiger partial charge on any atom is 0.254 e. The van der Waals surface area contributed by atoms with Crippen LogP contribution in [0.15, 0.2) is 61.1 Å². The molecule has 3 aromatic rings. The molecule has 0 aliphatic heterocycles. The molecule has 1 aromatic carbocycles. The fourth-order valence-electron chi connectivity index (χ4n) is 2.56. The van der Waals surface area contributed by atoms with Gasteiger partial charge in [-0.05, 0) is 29.8 Å². The molecule has 6 heteroatoms. The molecule has 0 unspecified atom stereocenters. The zero-order valence-electron chi connectivity index (χ0n) is 14.1. The van der Waals surface area contributed by atoms with Crippen LogP contribution < -0.4 is 0 Å². The first kappa shape index (κ1) is 16.9. The highest BCUT2D eigenvalue weighted by Gasteiger charge is 2.17. The van der Waals surface area contributed by atoms with Crippen LogP contribution in [0.2, 0.25) is 0 Å². The van der Waals surface area contributed by atoms with E-state index in [0.717, 1.165) is 16.8 Å². The number of pyridine rings is 1. The molecule has 0 atom stereocenters. The lowest BCUT2D eigenvalue weighted by atomic mass is 10.1. The van der Waals surface area contributed by atoms with Gasteiger partial charge in [0.25, 0.3) is 5.91 Å². The van der Waals surface area contributed by atoms with Gasteiger partial charge >= 0.3 is 0 Å². The van der Waals surface area contributed by atoms with Crippen molar-refractivity contribution >= 4 is 5.91 Å². The Morgan fingerprint density at radius 2 is 2.12 bits per heavy atom. The van der Waals surface area contributed by atoms with Crippen molar-refractivity contribution in [1.82, 2.24) is 20.1 Å². The number of carbonyl (C=O) groups excluding carboxylic acids is 1. The molecule has 0 aliphatic carbocycles. The molecular weight excluding hydrogens is 316 g/mol. The molecule has 0 bridgehead atoms. The number of hydrogen-bond acceptors (Lipinski definition) is 4. The molecular formula is C19H20N4O2. The van der Waals surface area contributed by atoms with Gasteiger partial charge in [-0.2, -0.15) is 5.10 Å². The average Bonchev–Trinajstić information content (AvgIpc) is 3.20. The van der Waals surface area contributed by atoms with E-state index in [1.165, 1.54) is 0 Å². The van der Waals surface area contributed by atoms with E-state index in [1.54, 1.807) is 30.6 Å². The van der Waals surface area contributed by atoms with E-state index in [9.17, 15) is 4.79 Å². The molecule has 0 saturated heterocycles. The number of nitrogens with zero attached hydrogens (tertiary/aromatic N) is 3. The van der Waals surface area contributed by atoms with Gasteiger partial charge in [0.2, 0.25) is 0 Å². The Labute approximate surface area is 146 Å². The number of benzene rings is 1. The molecule has 0 radical (unpaired) electrons. The fraction of sp³-hybridized carbons (Fsp3) is 0.211. The smallest absolute Gasteiger partial charge is 0.254 e. The Balaban J connectivity index is 1.83. The number of aromatic nitrogens is 3. The van der Waals surface area contributed by atoms with Crippen molar-refractivity contribution in [1.29, 1.82) is 0 Å². The van der Waals surface area contributed by atoms with Gasteiger partial charge < -0.3 is 9.64 Å². The Bertz CT molecular complexity index is 803. The lowest BCUT2D eigenvalue weighted by Gasteiger charge is -2.22. The van der Waals surface area contributed by atoms with Crippen LogP contribution in [0.4, 0.5) is 0 Å². The summed E-state index contributed by atoms with van der Waals surface area (Å²) in [5, 5.41) is 6.75. The van der Waals surface area contributed by atoms with E-state index in [0.29, 0.717) is 25.3 Å². The van der Waals surface area contributed by atoms with E-state index in [2.05, 4.69) is 15.2 Å². The summed E-state index contributed by atoms with van der Waals surface area (Å²) in [5.74, 6) is -0.0481. The number of ether oxygens (including phenoxy) is 1. The van der Waals surface area contributed by atoms with E-state index in [-0.39, 0.29) is 5.91 Å². The number of rotatable bonds is 7. The predicted molar refractivity (Wildman–Crippen MR) is 94.9 cm³/mol. The molecule has 0 aliphatic rings. The largest absolute Gasteiger partial charge is 0.383 e. The van der Waals surface area contributed by atoms with Crippen LogP contribution in [-0.4, -0.2) is 46.2 Å². The van der Waals surface area contributed by atoms with Gasteiger partial charge in [-0.25, -0.2) is 0 Å². The number of H-pyrrole nitrogens is 1. The van der Waals surface area contributed by atoms with Gasteiger partial charge in [0.05, 0.1) is 25.0 Å². The van der Waals surface area contributed by atoms with Crippen LogP contribution in [0.5, 0.6) is 0 Å². The van der Waals surface area contributed by atoms with E-state index < -0.39 is 0 Å². The molecule has 1 N–H and O–H groups in total.